The van der Waals surface area contributed by atoms with Gasteiger partial charge in [0.15, 0.2) is 6.29 Å². The van der Waals surface area contributed by atoms with Gasteiger partial charge in [0.25, 0.3) is 0 Å². The van der Waals surface area contributed by atoms with Crippen LogP contribution >= 0.6 is 0 Å². The molecule has 0 aliphatic carbocycles. The minimum atomic E-state index is -0.864. The Kier molecular flexibility index (Phi) is 16.5. The van der Waals surface area contributed by atoms with Crippen molar-refractivity contribution in [1.82, 2.24) is 0 Å². The third-order valence-corrected chi connectivity index (χ3v) is 2.13. The molecule has 1 atom stereocenters. The summed E-state index contributed by atoms with van der Waals surface area (Å²) in [6.07, 6.45) is 0.00258. The molecule has 0 saturated carbocycles. The molecule has 0 rings (SSSR count). The van der Waals surface area contributed by atoms with Gasteiger partial charge in [0, 0.05) is 6.61 Å². The first-order valence-corrected chi connectivity index (χ1v) is 7.02. The lowest BCUT2D eigenvalue weighted by Gasteiger charge is -2.11. The summed E-state index contributed by atoms with van der Waals surface area (Å²) in [7, 11) is 0. The van der Waals surface area contributed by atoms with Crippen LogP contribution in [-0.2, 0) is 23.7 Å². The molecular weight excluding hydrogens is 268 g/mol. The van der Waals surface area contributed by atoms with Crippen molar-refractivity contribution in [2.45, 2.75) is 19.6 Å². The van der Waals surface area contributed by atoms with Gasteiger partial charge in [-0.2, -0.15) is 0 Å². The molecule has 0 saturated heterocycles. The Morgan fingerprint density at radius 3 is 1.75 bits per heavy atom. The number of aliphatic hydroxyl groups is 2. The minimum absolute atomic E-state index is 0.0291. The van der Waals surface area contributed by atoms with Gasteiger partial charge in [-0.05, 0) is 6.42 Å². The maximum Gasteiger partial charge on any atom is 0.178 e. The van der Waals surface area contributed by atoms with Gasteiger partial charge < -0.3 is 33.9 Å². The van der Waals surface area contributed by atoms with Gasteiger partial charge in [-0.1, -0.05) is 6.92 Å². The summed E-state index contributed by atoms with van der Waals surface area (Å²) in [5.74, 6) is 0. The molecule has 0 spiro atoms. The SMILES string of the molecule is CCCOC(O)COCCOCCOCCOCCO. The molecule has 0 aromatic rings. The van der Waals surface area contributed by atoms with Gasteiger partial charge >= 0.3 is 0 Å². The standard InChI is InChI=1S/C13H28O7/c1-2-4-20-13(15)12-19-11-10-18-9-8-17-7-6-16-5-3-14/h13-15H,2-12H2,1H3. The quantitative estimate of drug-likeness (QED) is 0.301. The van der Waals surface area contributed by atoms with Crippen LogP contribution in [-0.4, -0.2) is 82.6 Å². The second-order valence-corrected chi connectivity index (χ2v) is 3.96. The first kappa shape index (κ1) is 19.7. The Morgan fingerprint density at radius 1 is 0.750 bits per heavy atom. The predicted octanol–water partition coefficient (Wildman–Crippen LogP) is -0.210. The van der Waals surface area contributed by atoms with E-state index >= 15 is 0 Å². The van der Waals surface area contributed by atoms with E-state index in [1.807, 2.05) is 6.92 Å². The molecule has 2 N–H and O–H groups in total. The zero-order valence-corrected chi connectivity index (χ0v) is 12.3. The van der Waals surface area contributed by atoms with Gasteiger partial charge in [0.1, 0.15) is 0 Å². The molecule has 0 fully saturated rings. The Hall–Kier alpha value is -0.280. The van der Waals surface area contributed by atoms with E-state index in [2.05, 4.69) is 0 Å². The van der Waals surface area contributed by atoms with E-state index in [0.717, 1.165) is 6.42 Å². The van der Waals surface area contributed by atoms with Crippen molar-refractivity contribution in [3.8, 4) is 0 Å². The molecule has 0 bridgehead atoms. The van der Waals surface area contributed by atoms with Crippen molar-refractivity contribution < 1.29 is 33.9 Å². The molecule has 7 nitrogen and oxygen atoms in total. The van der Waals surface area contributed by atoms with Crippen LogP contribution < -0.4 is 0 Å². The van der Waals surface area contributed by atoms with Crippen LogP contribution in [0.3, 0.4) is 0 Å². The van der Waals surface area contributed by atoms with Crippen molar-refractivity contribution >= 4 is 0 Å². The summed E-state index contributed by atoms with van der Waals surface area (Å²) < 4.78 is 25.7. The fraction of sp³-hybridized carbons (Fsp3) is 1.00. The van der Waals surface area contributed by atoms with E-state index in [-0.39, 0.29) is 13.2 Å². The molecule has 0 aromatic heterocycles. The van der Waals surface area contributed by atoms with E-state index in [4.69, 9.17) is 28.8 Å². The van der Waals surface area contributed by atoms with Crippen LogP contribution in [0, 0.1) is 0 Å². The van der Waals surface area contributed by atoms with Crippen molar-refractivity contribution in [2.75, 3.05) is 66.1 Å². The predicted molar refractivity (Wildman–Crippen MR) is 72.6 cm³/mol. The summed E-state index contributed by atoms with van der Waals surface area (Å²) in [5, 5.41) is 17.8. The average Bonchev–Trinajstić information content (AvgIpc) is 2.46. The number of aliphatic hydroxyl groups excluding tert-OH is 2. The van der Waals surface area contributed by atoms with Gasteiger partial charge in [0.05, 0.1) is 59.5 Å². The van der Waals surface area contributed by atoms with Gasteiger partial charge in [0.2, 0.25) is 0 Å². The molecule has 122 valence electrons. The summed E-state index contributed by atoms with van der Waals surface area (Å²) in [4.78, 5) is 0. The number of rotatable bonds is 16. The summed E-state index contributed by atoms with van der Waals surface area (Å²) in [6, 6.07) is 0. The molecule has 20 heavy (non-hydrogen) atoms. The highest BCUT2D eigenvalue weighted by Gasteiger charge is 2.02. The van der Waals surface area contributed by atoms with E-state index < -0.39 is 6.29 Å². The third-order valence-electron chi connectivity index (χ3n) is 2.13. The van der Waals surface area contributed by atoms with Crippen molar-refractivity contribution in [2.24, 2.45) is 0 Å². The van der Waals surface area contributed by atoms with E-state index in [9.17, 15) is 5.11 Å². The van der Waals surface area contributed by atoms with E-state index in [0.29, 0.717) is 52.9 Å². The molecule has 0 aromatic carbocycles. The van der Waals surface area contributed by atoms with Gasteiger partial charge in [-0.3, -0.25) is 0 Å². The van der Waals surface area contributed by atoms with E-state index in [1.54, 1.807) is 0 Å². The third kappa shape index (κ3) is 15.8. The highest BCUT2D eigenvalue weighted by Crippen LogP contribution is 1.91. The lowest BCUT2D eigenvalue weighted by molar-refractivity contribution is -0.141. The summed E-state index contributed by atoms with van der Waals surface area (Å²) in [5.41, 5.74) is 0. The monoisotopic (exact) mass is 296 g/mol. The zero-order valence-electron chi connectivity index (χ0n) is 12.3. The highest BCUT2D eigenvalue weighted by atomic mass is 16.6. The van der Waals surface area contributed by atoms with Gasteiger partial charge in [-0.15, -0.1) is 0 Å². The molecule has 0 aliphatic rings. The van der Waals surface area contributed by atoms with Crippen LogP contribution in [0.5, 0.6) is 0 Å². The Morgan fingerprint density at radius 2 is 1.25 bits per heavy atom. The second kappa shape index (κ2) is 16.8. The number of hydrogen-bond donors (Lipinski definition) is 2. The van der Waals surface area contributed by atoms with Gasteiger partial charge in [-0.25, -0.2) is 0 Å². The smallest absolute Gasteiger partial charge is 0.178 e. The topological polar surface area (TPSA) is 86.6 Å². The van der Waals surface area contributed by atoms with Crippen LogP contribution in [0.15, 0.2) is 0 Å². The average molecular weight is 296 g/mol. The van der Waals surface area contributed by atoms with Crippen LogP contribution in [0.1, 0.15) is 13.3 Å². The molecular formula is C13H28O7. The Labute approximate surface area is 120 Å². The van der Waals surface area contributed by atoms with E-state index in [1.165, 1.54) is 0 Å². The minimum Gasteiger partial charge on any atom is -0.394 e. The second-order valence-electron chi connectivity index (χ2n) is 3.96. The fourth-order valence-electron chi connectivity index (χ4n) is 1.21. The first-order chi connectivity index (χ1) is 9.81. The van der Waals surface area contributed by atoms with Crippen LogP contribution in [0.25, 0.3) is 0 Å². The molecule has 7 heteroatoms. The molecule has 0 radical (unpaired) electrons. The Balaban J connectivity index is 3.02. The lowest BCUT2D eigenvalue weighted by Crippen LogP contribution is -2.21. The molecule has 0 aliphatic heterocycles. The lowest BCUT2D eigenvalue weighted by atomic mass is 10.5. The number of ether oxygens (including phenoxy) is 5. The maximum absolute atomic E-state index is 9.31. The molecule has 0 heterocycles. The number of hydrogen-bond acceptors (Lipinski definition) is 7. The van der Waals surface area contributed by atoms with Crippen molar-refractivity contribution in [3.63, 3.8) is 0 Å². The molecule has 1 unspecified atom stereocenters. The molecule has 0 amide bonds. The first-order valence-electron chi connectivity index (χ1n) is 7.02. The largest absolute Gasteiger partial charge is 0.394 e. The summed E-state index contributed by atoms with van der Waals surface area (Å²) >= 11 is 0. The normalized spacial score (nSPS) is 12.8. The van der Waals surface area contributed by atoms with Crippen molar-refractivity contribution in [3.05, 3.63) is 0 Å². The van der Waals surface area contributed by atoms with Crippen molar-refractivity contribution in [1.29, 1.82) is 0 Å². The fourth-order valence-corrected chi connectivity index (χ4v) is 1.21. The Bertz CT molecular complexity index is 180. The maximum atomic E-state index is 9.31. The zero-order chi connectivity index (χ0) is 14.9. The highest BCUT2D eigenvalue weighted by molar-refractivity contribution is 4.39. The summed E-state index contributed by atoms with van der Waals surface area (Å²) in [6.45, 7) is 5.82. The van der Waals surface area contributed by atoms with Crippen LogP contribution in [0.4, 0.5) is 0 Å². The van der Waals surface area contributed by atoms with Crippen LogP contribution in [0.2, 0.25) is 0 Å².